The highest BCUT2D eigenvalue weighted by Crippen LogP contribution is 2.39. The van der Waals surface area contributed by atoms with Gasteiger partial charge in [-0.2, -0.15) is 5.10 Å². The maximum atomic E-state index is 12.2. The van der Waals surface area contributed by atoms with Crippen molar-refractivity contribution in [3.63, 3.8) is 0 Å². The van der Waals surface area contributed by atoms with Crippen molar-refractivity contribution in [1.82, 2.24) is 20.0 Å². The second-order valence-corrected chi connectivity index (χ2v) is 8.92. The predicted molar refractivity (Wildman–Crippen MR) is 137 cm³/mol. The summed E-state index contributed by atoms with van der Waals surface area (Å²) in [7, 11) is 0. The molecule has 9 nitrogen and oxygen atoms in total. The van der Waals surface area contributed by atoms with Gasteiger partial charge in [-0.25, -0.2) is 4.79 Å². The van der Waals surface area contributed by atoms with Gasteiger partial charge < -0.3 is 26.0 Å². The minimum atomic E-state index is -1.07. The molecular weight excluding hydrogens is 479 g/mol. The first-order valence-electron chi connectivity index (χ1n) is 11.3. The van der Waals surface area contributed by atoms with Crippen LogP contribution in [0.2, 0.25) is 0 Å². The van der Waals surface area contributed by atoms with Gasteiger partial charge in [0, 0.05) is 43.0 Å². The number of benzene rings is 1. The van der Waals surface area contributed by atoms with E-state index < -0.39 is 6.09 Å². The van der Waals surface area contributed by atoms with Gasteiger partial charge in [-0.1, -0.05) is 6.07 Å². The SMILES string of the molecule is CC(=O)N1c2ccc(-c3cnn(CCN4CCC(N)CC4)c3)cc2[C@H](NC(=O)O)C[C@@H]1C.Cl.Cl. The fraction of sp³-hybridized carbons (Fsp3) is 0.522. The number of fused-ring (bicyclic) bond motifs is 1. The van der Waals surface area contributed by atoms with Crippen LogP contribution < -0.4 is 16.0 Å². The van der Waals surface area contributed by atoms with Gasteiger partial charge in [0.1, 0.15) is 0 Å². The summed E-state index contributed by atoms with van der Waals surface area (Å²) in [4.78, 5) is 27.8. The molecule has 2 aliphatic rings. The topological polar surface area (TPSA) is 117 Å². The molecule has 1 aromatic heterocycles. The average molecular weight is 513 g/mol. The molecule has 0 saturated carbocycles. The van der Waals surface area contributed by atoms with Crippen LogP contribution >= 0.6 is 24.8 Å². The van der Waals surface area contributed by atoms with E-state index in [1.165, 1.54) is 0 Å². The summed E-state index contributed by atoms with van der Waals surface area (Å²) in [6.07, 6.45) is 5.40. The summed E-state index contributed by atoms with van der Waals surface area (Å²) in [5, 5.41) is 16.4. The second-order valence-electron chi connectivity index (χ2n) is 8.92. The lowest BCUT2D eigenvalue weighted by Crippen LogP contribution is -2.45. The molecule has 1 saturated heterocycles. The minimum absolute atomic E-state index is 0. The Morgan fingerprint density at radius 2 is 1.88 bits per heavy atom. The quantitative estimate of drug-likeness (QED) is 0.565. The van der Waals surface area contributed by atoms with Crippen molar-refractivity contribution in [3.8, 4) is 11.1 Å². The van der Waals surface area contributed by atoms with Crippen LogP contribution in [-0.2, 0) is 11.3 Å². The van der Waals surface area contributed by atoms with Crippen LogP contribution in [0.25, 0.3) is 11.1 Å². The van der Waals surface area contributed by atoms with Crippen LogP contribution in [0.4, 0.5) is 10.5 Å². The monoisotopic (exact) mass is 512 g/mol. The molecule has 4 rings (SSSR count). The lowest BCUT2D eigenvalue weighted by molar-refractivity contribution is -0.117. The van der Waals surface area contributed by atoms with Crippen molar-refractivity contribution in [3.05, 3.63) is 36.2 Å². The van der Waals surface area contributed by atoms with Gasteiger partial charge >= 0.3 is 6.09 Å². The number of nitrogens with two attached hydrogens (primary N) is 1. The highest BCUT2D eigenvalue weighted by atomic mass is 35.5. The lowest BCUT2D eigenvalue weighted by Gasteiger charge is -2.39. The summed E-state index contributed by atoms with van der Waals surface area (Å²) in [5.74, 6) is -0.0493. The summed E-state index contributed by atoms with van der Waals surface area (Å²) in [6.45, 7) is 7.29. The Hall–Kier alpha value is -2.33. The van der Waals surface area contributed by atoms with Crippen LogP contribution in [0.15, 0.2) is 30.6 Å². The third kappa shape index (κ3) is 6.21. The number of piperidine rings is 1. The molecule has 0 unspecified atom stereocenters. The normalized spacial score (nSPS) is 20.6. The lowest BCUT2D eigenvalue weighted by atomic mass is 9.89. The van der Waals surface area contributed by atoms with Crippen LogP contribution in [0.1, 0.15) is 44.7 Å². The van der Waals surface area contributed by atoms with Gasteiger partial charge in [-0.15, -0.1) is 24.8 Å². The first-order valence-corrected chi connectivity index (χ1v) is 11.3. The molecule has 2 amide bonds. The largest absolute Gasteiger partial charge is 0.465 e. The molecule has 188 valence electrons. The summed E-state index contributed by atoms with van der Waals surface area (Å²) >= 11 is 0. The zero-order valence-electron chi connectivity index (χ0n) is 19.5. The zero-order chi connectivity index (χ0) is 22.8. The molecule has 1 aromatic carbocycles. The van der Waals surface area contributed by atoms with E-state index in [2.05, 4.69) is 15.3 Å². The van der Waals surface area contributed by atoms with E-state index in [1.807, 2.05) is 42.2 Å². The molecule has 0 spiro atoms. The van der Waals surface area contributed by atoms with Crippen molar-refractivity contribution in [2.45, 2.75) is 57.8 Å². The number of carbonyl (C=O) groups excluding carboxylic acids is 1. The van der Waals surface area contributed by atoms with E-state index >= 15 is 0 Å². The highest BCUT2D eigenvalue weighted by Gasteiger charge is 2.33. The van der Waals surface area contributed by atoms with Gasteiger partial charge in [-0.05, 0) is 62.5 Å². The Bertz CT molecular complexity index is 993. The van der Waals surface area contributed by atoms with E-state index in [0.29, 0.717) is 12.5 Å². The molecule has 2 aromatic rings. The maximum Gasteiger partial charge on any atom is 0.405 e. The van der Waals surface area contributed by atoms with Gasteiger partial charge in [-0.3, -0.25) is 9.48 Å². The van der Waals surface area contributed by atoms with E-state index in [1.54, 1.807) is 11.8 Å². The highest BCUT2D eigenvalue weighted by molar-refractivity contribution is 5.94. The van der Waals surface area contributed by atoms with Gasteiger partial charge in [0.05, 0.1) is 18.8 Å². The molecule has 2 atom stereocenters. The molecule has 0 bridgehead atoms. The second kappa shape index (κ2) is 11.9. The summed E-state index contributed by atoms with van der Waals surface area (Å²) < 4.78 is 1.94. The van der Waals surface area contributed by atoms with Crippen molar-refractivity contribution < 1.29 is 14.7 Å². The third-order valence-corrected chi connectivity index (χ3v) is 6.56. The number of nitrogens with zero attached hydrogens (tertiary/aromatic N) is 4. The van der Waals surface area contributed by atoms with Crippen molar-refractivity contribution >= 4 is 42.5 Å². The number of hydrogen-bond donors (Lipinski definition) is 3. The summed E-state index contributed by atoms with van der Waals surface area (Å²) in [5.41, 5.74) is 9.48. The van der Waals surface area contributed by atoms with Crippen molar-refractivity contribution in [2.75, 3.05) is 24.5 Å². The number of carbonyl (C=O) groups is 2. The van der Waals surface area contributed by atoms with E-state index in [0.717, 1.165) is 61.4 Å². The molecular formula is C23H34Cl2N6O3. The first kappa shape index (κ1) is 27.9. The van der Waals surface area contributed by atoms with Crippen molar-refractivity contribution in [2.24, 2.45) is 5.73 Å². The van der Waals surface area contributed by atoms with Crippen LogP contribution in [0.5, 0.6) is 0 Å². The fourth-order valence-electron chi connectivity index (χ4n) is 4.86. The van der Waals surface area contributed by atoms with Gasteiger partial charge in [0.25, 0.3) is 0 Å². The maximum absolute atomic E-state index is 12.2. The Morgan fingerprint density at radius 3 is 2.53 bits per heavy atom. The number of rotatable bonds is 5. The molecule has 11 heteroatoms. The van der Waals surface area contributed by atoms with Crippen LogP contribution in [0.3, 0.4) is 0 Å². The standard InChI is InChI=1S/C23H32N6O3.2ClH/c1-15-11-21(26-23(31)32)20-12-17(3-4-22(20)29(15)16(2)30)18-13-25-28(14-18)10-9-27-7-5-19(24)6-8-27;;/h3-4,12-15,19,21,26H,5-11,24H2,1-2H3,(H,31,32);2*1H/t15-,21+;;/m0../s1. The number of hydrogen-bond acceptors (Lipinski definition) is 5. The number of anilines is 1. The summed E-state index contributed by atoms with van der Waals surface area (Å²) in [6, 6.07) is 5.73. The molecule has 0 aliphatic carbocycles. The van der Waals surface area contributed by atoms with Crippen LogP contribution in [0, 0.1) is 0 Å². The smallest absolute Gasteiger partial charge is 0.405 e. The van der Waals surface area contributed by atoms with Crippen molar-refractivity contribution in [1.29, 1.82) is 0 Å². The van der Waals surface area contributed by atoms with E-state index in [4.69, 9.17) is 5.73 Å². The number of aromatic nitrogens is 2. The molecule has 1 fully saturated rings. The Morgan fingerprint density at radius 1 is 1.18 bits per heavy atom. The third-order valence-electron chi connectivity index (χ3n) is 6.56. The molecule has 3 heterocycles. The number of nitrogens with one attached hydrogen (secondary N) is 1. The number of likely N-dealkylation sites (tertiary alicyclic amines) is 1. The first-order chi connectivity index (χ1) is 15.3. The van der Waals surface area contributed by atoms with Gasteiger partial charge in [0.2, 0.25) is 5.91 Å². The van der Waals surface area contributed by atoms with E-state index in [9.17, 15) is 14.7 Å². The predicted octanol–water partition coefficient (Wildman–Crippen LogP) is 3.27. The average Bonchev–Trinajstić information content (AvgIpc) is 3.21. The molecule has 0 radical (unpaired) electrons. The molecule has 2 aliphatic heterocycles. The molecule has 34 heavy (non-hydrogen) atoms. The minimum Gasteiger partial charge on any atom is -0.465 e. The zero-order valence-corrected chi connectivity index (χ0v) is 21.1. The van der Waals surface area contributed by atoms with Gasteiger partial charge in [0.15, 0.2) is 0 Å². The number of carboxylic acid groups (broad SMARTS) is 1. The van der Waals surface area contributed by atoms with Crippen LogP contribution in [-0.4, -0.2) is 63.5 Å². The fourth-order valence-corrected chi connectivity index (χ4v) is 4.86. The number of halogens is 2. The Balaban J connectivity index is 0.00000204. The molecule has 4 N–H and O–H groups in total. The number of amides is 2. The van der Waals surface area contributed by atoms with E-state index in [-0.39, 0.29) is 42.8 Å². The Labute approximate surface area is 212 Å². The Kier molecular flexibility index (Phi) is 9.75.